The fourth-order valence-corrected chi connectivity index (χ4v) is 2.31. The van der Waals surface area contributed by atoms with E-state index in [1.165, 1.54) is 0 Å². The summed E-state index contributed by atoms with van der Waals surface area (Å²) in [6, 6.07) is 6.93. The first kappa shape index (κ1) is 19.5. The number of hydrogen-bond acceptors (Lipinski definition) is 5. The molecular formula is C19H30N4O. The fraction of sp³-hybridized carbons (Fsp3) is 0.368. The second kappa shape index (κ2) is 9.55. The summed E-state index contributed by atoms with van der Waals surface area (Å²) in [5.41, 5.74) is 19.7. The highest BCUT2D eigenvalue weighted by molar-refractivity contribution is 5.69. The van der Waals surface area contributed by atoms with Crippen LogP contribution >= 0.6 is 0 Å². The van der Waals surface area contributed by atoms with Gasteiger partial charge in [-0.25, -0.2) is 0 Å². The van der Waals surface area contributed by atoms with E-state index in [1.54, 1.807) is 24.3 Å². The predicted molar refractivity (Wildman–Crippen MR) is 102 cm³/mol. The van der Waals surface area contributed by atoms with Gasteiger partial charge in [0.2, 0.25) is 0 Å². The molecule has 132 valence electrons. The number of para-hydroxylation sites is 1. The lowest BCUT2D eigenvalue weighted by Gasteiger charge is -2.28. The average molecular weight is 330 g/mol. The zero-order valence-electron chi connectivity index (χ0n) is 14.9. The van der Waals surface area contributed by atoms with Crippen LogP contribution in [0.15, 0.2) is 54.0 Å². The summed E-state index contributed by atoms with van der Waals surface area (Å²) in [6.07, 6.45) is 6.83. The number of nitrogens with zero attached hydrogens (tertiary/aromatic N) is 1. The molecule has 0 bridgehead atoms. The minimum absolute atomic E-state index is 0.128. The number of phenolic OH excluding ortho intramolecular Hbond substituents is 1. The van der Waals surface area contributed by atoms with Crippen molar-refractivity contribution in [1.82, 2.24) is 4.90 Å². The van der Waals surface area contributed by atoms with Crippen molar-refractivity contribution in [1.29, 1.82) is 0 Å². The molecule has 0 spiro atoms. The van der Waals surface area contributed by atoms with Crippen molar-refractivity contribution in [2.24, 2.45) is 23.1 Å². The van der Waals surface area contributed by atoms with Crippen LogP contribution in [0.5, 0.6) is 5.75 Å². The highest BCUT2D eigenvalue weighted by Gasteiger charge is 2.14. The van der Waals surface area contributed by atoms with Crippen LogP contribution in [0.4, 0.5) is 0 Å². The summed E-state index contributed by atoms with van der Waals surface area (Å²) >= 11 is 0. The quantitative estimate of drug-likeness (QED) is 0.434. The van der Waals surface area contributed by atoms with Gasteiger partial charge >= 0.3 is 0 Å². The summed E-state index contributed by atoms with van der Waals surface area (Å²) in [5.74, 6) is 0.827. The summed E-state index contributed by atoms with van der Waals surface area (Å²) in [4.78, 5) is 2.11. The van der Waals surface area contributed by atoms with Gasteiger partial charge in [-0.15, -0.1) is 0 Å². The Morgan fingerprint density at radius 3 is 2.46 bits per heavy atom. The van der Waals surface area contributed by atoms with Gasteiger partial charge < -0.3 is 27.2 Å². The van der Waals surface area contributed by atoms with Crippen molar-refractivity contribution in [3.63, 3.8) is 0 Å². The Morgan fingerprint density at radius 2 is 1.92 bits per heavy atom. The van der Waals surface area contributed by atoms with Gasteiger partial charge in [0.05, 0.1) is 5.70 Å². The van der Waals surface area contributed by atoms with Gasteiger partial charge in [0, 0.05) is 24.4 Å². The van der Waals surface area contributed by atoms with Gasteiger partial charge in [-0.3, -0.25) is 0 Å². The van der Waals surface area contributed by atoms with Gasteiger partial charge in [-0.2, -0.15) is 0 Å². The molecule has 1 unspecified atom stereocenters. The molecule has 0 aliphatic rings. The molecule has 24 heavy (non-hydrogen) atoms. The van der Waals surface area contributed by atoms with Crippen molar-refractivity contribution in [2.45, 2.75) is 27.2 Å². The minimum atomic E-state index is 0.128. The van der Waals surface area contributed by atoms with Crippen LogP contribution in [0.3, 0.4) is 0 Å². The molecule has 0 aromatic heterocycles. The maximum Gasteiger partial charge on any atom is 0.124 e. The Labute approximate surface area is 145 Å². The van der Waals surface area contributed by atoms with Crippen LogP contribution in [-0.2, 0) is 0 Å². The molecule has 5 heteroatoms. The maximum atomic E-state index is 9.97. The number of phenols is 1. The Bertz CT molecular complexity index is 616. The van der Waals surface area contributed by atoms with Crippen molar-refractivity contribution >= 4 is 5.70 Å². The van der Waals surface area contributed by atoms with Gasteiger partial charge in [-0.05, 0) is 31.1 Å². The summed E-state index contributed by atoms with van der Waals surface area (Å²) in [7, 11) is 0. The van der Waals surface area contributed by atoms with Crippen LogP contribution < -0.4 is 17.2 Å². The largest absolute Gasteiger partial charge is 0.507 e. The molecule has 5 nitrogen and oxygen atoms in total. The molecule has 0 amide bonds. The van der Waals surface area contributed by atoms with E-state index >= 15 is 0 Å². The third kappa shape index (κ3) is 5.57. The molecule has 0 aliphatic carbocycles. The second-order valence-corrected chi connectivity index (χ2v) is 5.94. The SMILES string of the molecule is C/C=C\CN(CC(C)CC)C(/C=C(\N)c1ccccc1O)=C(N)N. The number of allylic oxidation sites excluding steroid dienone is 2. The number of aromatic hydroxyl groups is 1. The molecule has 0 saturated carbocycles. The van der Waals surface area contributed by atoms with Gasteiger partial charge in [0.25, 0.3) is 0 Å². The molecule has 0 heterocycles. The van der Waals surface area contributed by atoms with E-state index in [9.17, 15) is 5.11 Å². The average Bonchev–Trinajstić information content (AvgIpc) is 2.56. The Hall–Kier alpha value is -2.56. The molecule has 1 rings (SSSR count). The molecular weight excluding hydrogens is 300 g/mol. The molecule has 0 aliphatic heterocycles. The zero-order valence-corrected chi connectivity index (χ0v) is 14.9. The van der Waals surface area contributed by atoms with Crippen molar-refractivity contribution in [2.75, 3.05) is 13.1 Å². The van der Waals surface area contributed by atoms with E-state index in [1.807, 2.05) is 19.1 Å². The standard InChI is InChI=1S/C19H30N4O/c1-4-6-11-23(13-14(3)5-2)17(19(21)22)12-16(20)15-9-7-8-10-18(15)24/h4,6-10,12,14,24H,5,11,13,20-22H2,1-3H3/b6-4-,16-12-. The Balaban J connectivity index is 3.21. The maximum absolute atomic E-state index is 9.97. The van der Waals surface area contributed by atoms with E-state index in [0.29, 0.717) is 29.4 Å². The van der Waals surface area contributed by atoms with E-state index in [-0.39, 0.29) is 11.6 Å². The number of benzene rings is 1. The summed E-state index contributed by atoms with van der Waals surface area (Å²) < 4.78 is 0. The molecule has 1 atom stereocenters. The fourth-order valence-electron chi connectivity index (χ4n) is 2.31. The first-order valence-corrected chi connectivity index (χ1v) is 8.27. The van der Waals surface area contributed by atoms with Crippen molar-refractivity contribution < 1.29 is 5.11 Å². The normalized spacial score (nSPS) is 13.0. The molecule has 1 aromatic carbocycles. The third-order valence-electron chi connectivity index (χ3n) is 3.93. The van der Waals surface area contributed by atoms with E-state index in [2.05, 4.69) is 24.8 Å². The van der Waals surface area contributed by atoms with Crippen molar-refractivity contribution in [3.8, 4) is 5.75 Å². The van der Waals surface area contributed by atoms with Gasteiger partial charge in [-0.1, -0.05) is 44.6 Å². The second-order valence-electron chi connectivity index (χ2n) is 5.94. The van der Waals surface area contributed by atoms with E-state index in [4.69, 9.17) is 17.2 Å². The number of rotatable bonds is 8. The van der Waals surface area contributed by atoms with Gasteiger partial charge in [0.1, 0.15) is 11.6 Å². The van der Waals surface area contributed by atoms with Crippen LogP contribution in [0.25, 0.3) is 5.70 Å². The lowest BCUT2D eigenvalue weighted by Crippen LogP contribution is -2.32. The number of nitrogens with two attached hydrogens (primary N) is 3. The molecule has 7 N–H and O–H groups in total. The van der Waals surface area contributed by atoms with Gasteiger partial charge in [0.15, 0.2) is 0 Å². The van der Waals surface area contributed by atoms with Crippen LogP contribution in [0.1, 0.15) is 32.8 Å². The lowest BCUT2D eigenvalue weighted by atomic mass is 10.1. The van der Waals surface area contributed by atoms with E-state index in [0.717, 1.165) is 13.0 Å². The highest BCUT2D eigenvalue weighted by Crippen LogP contribution is 2.23. The molecule has 0 radical (unpaired) electrons. The third-order valence-corrected chi connectivity index (χ3v) is 3.93. The van der Waals surface area contributed by atoms with Crippen LogP contribution in [0, 0.1) is 5.92 Å². The first-order chi connectivity index (χ1) is 11.4. The zero-order chi connectivity index (χ0) is 18.1. The first-order valence-electron chi connectivity index (χ1n) is 8.27. The van der Waals surface area contributed by atoms with Crippen molar-refractivity contribution in [3.05, 3.63) is 59.6 Å². The monoisotopic (exact) mass is 330 g/mol. The summed E-state index contributed by atoms with van der Waals surface area (Å²) in [5, 5.41) is 9.97. The number of hydrogen-bond donors (Lipinski definition) is 4. The lowest BCUT2D eigenvalue weighted by molar-refractivity contribution is 0.320. The highest BCUT2D eigenvalue weighted by atomic mass is 16.3. The minimum Gasteiger partial charge on any atom is -0.507 e. The molecule has 0 fully saturated rings. The predicted octanol–water partition coefficient (Wildman–Crippen LogP) is 2.70. The Kier molecular flexibility index (Phi) is 7.75. The topological polar surface area (TPSA) is 102 Å². The van der Waals surface area contributed by atoms with Crippen LogP contribution in [0.2, 0.25) is 0 Å². The van der Waals surface area contributed by atoms with Crippen LogP contribution in [-0.4, -0.2) is 23.1 Å². The smallest absolute Gasteiger partial charge is 0.124 e. The van der Waals surface area contributed by atoms with E-state index < -0.39 is 0 Å². The molecule has 1 aromatic rings. The summed E-state index contributed by atoms with van der Waals surface area (Å²) in [6.45, 7) is 7.82. The Morgan fingerprint density at radius 1 is 1.25 bits per heavy atom. The molecule has 0 saturated heterocycles.